The second-order valence-corrected chi connectivity index (χ2v) is 4.99. The third-order valence-corrected chi connectivity index (χ3v) is 3.50. The van der Waals surface area contributed by atoms with E-state index in [9.17, 15) is 18.0 Å². The average molecular weight is 271 g/mol. The Bertz CT molecular complexity index is 478. The fourth-order valence-electron chi connectivity index (χ4n) is 2.21. The maximum atomic E-state index is 12.6. The summed E-state index contributed by atoms with van der Waals surface area (Å²) in [5.74, 6) is 0.259. The zero-order chi connectivity index (χ0) is 14.0. The van der Waals surface area contributed by atoms with Crippen molar-refractivity contribution in [1.82, 2.24) is 5.32 Å². The molecule has 0 aromatic heterocycles. The summed E-state index contributed by atoms with van der Waals surface area (Å²) in [6.45, 7) is 3.22. The molecule has 104 valence electrons. The number of ketones is 1. The van der Waals surface area contributed by atoms with Gasteiger partial charge in [0.1, 0.15) is 0 Å². The number of alkyl halides is 3. The zero-order valence-electron chi connectivity index (χ0n) is 10.7. The molecule has 2 nitrogen and oxygen atoms in total. The topological polar surface area (TPSA) is 29.1 Å². The lowest BCUT2D eigenvalue weighted by atomic mass is 9.91. The van der Waals surface area contributed by atoms with Gasteiger partial charge < -0.3 is 5.32 Å². The molecule has 0 spiro atoms. The fraction of sp³-hybridized carbons (Fsp3) is 0.500. The molecular weight excluding hydrogens is 255 g/mol. The summed E-state index contributed by atoms with van der Waals surface area (Å²) >= 11 is 0. The van der Waals surface area contributed by atoms with E-state index in [1.54, 1.807) is 0 Å². The van der Waals surface area contributed by atoms with Crippen LogP contribution in [0.15, 0.2) is 18.2 Å². The van der Waals surface area contributed by atoms with Crippen LogP contribution in [0, 0.1) is 5.92 Å². The molecule has 1 aromatic rings. The molecule has 1 aliphatic heterocycles. The summed E-state index contributed by atoms with van der Waals surface area (Å²) in [7, 11) is 0. The zero-order valence-corrected chi connectivity index (χ0v) is 10.7. The van der Waals surface area contributed by atoms with Gasteiger partial charge in [0.05, 0.1) is 5.56 Å². The van der Waals surface area contributed by atoms with E-state index in [4.69, 9.17) is 0 Å². The highest BCUT2D eigenvalue weighted by Gasteiger charge is 2.31. The van der Waals surface area contributed by atoms with Crippen molar-refractivity contribution in [2.45, 2.75) is 25.9 Å². The van der Waals surface area contributed by atoms with Crippen molar-refractivity contribution in [2.75, 3.05) is 13.1 Å². The first-order chi connectivity index (χ1) is 8.88. The number of carbonyl (C=O) groups is 1. The number of hydrogen-bond donors (Lipinski definition) is 1. The summed E-state index contributed by atoms with van der Waals surface area (Å²) < 4.78 is 37.9. The van der Waals surface area contributed by atoms with E-state index in [0.717, 1.165) is 31.6 Å². The van der Waals surface area contributed by atoms with Crippen LogP contribution in [0.5, 0.6) is 0 Å². The second kappa shape index (κ2) is 5.33. The fourth-order valence-corrected chi connectivity index (χ4v) is 2.21. The summed E-state index contributed by atoms with van der Waals surface area (Å²) in [6, 6.07) is 3.46. The Labute approximate surface area is 110 Å². The van der Waals surface area contributed by atoms with Gasteiger partial charge in [0.2, 0.25) is 0 Å². The predicted octanol–water partition coefficient (Wildman–Crippen LogP) is 3.06. The second-order valence-electron chi connectivity index (χ2n) is 4.99. The van der Waals surface area contributed by atoms with Crippen LogP contribution in [0.1, 0.15) is 34.8 Å². The van der Waals surface area contributed by atoms with Gasteiger partial charge in [-0.15, -0.1) is 0 Å². The molecule has 1 saturated heterocycles. The standard InChI is InChI=1S/C14H16F3NO/c1-9(19)13-6-12(14(15,16)17)5-4-11(13)3-2-10-7-18-8-10/h4-6,10,18H,2-3,7-8H2,1H3. The van der Waals surface area contributed by atoms with Gasteiger partial charge in [-0.2, -0.15) is 13.2 Å². The quantitative estimate of drug-likeness (QED) is 0.853. The number of benzene rings is 1. The van der Waals surface area contributed by atoms with Crippen LogP contribution in [0.4, 0.5) is 13.2 Å². The third-order valence-electron chi connectivity index (χ3n) is 3.50. The SMILES string of the molecule is CC(=O)c1cc(C(F)(F)F)ccc1CCC1CNC1. The monoisotopic (exact) mass is 271 g/mol. The number of halogens is 3. The summed E-state index contributed by atoms with van der Waals surface area (Å²) in [5.41, 5.74) is 0.154. The molecule has 0 atom stereocenters. The Kier molecular flexibility index (Phi) is 3.94. The minimum Gasteiger partial charge on any atom is -0.316 e. The van der Waals surface area contributed by atoms with E-state index < -0.39 is 11.7 Å². The molecular formula is C14H16F3NO. The van der Waals surface area contributed by atoms with E-state index in [-0.39, 0.29) is 11.3 Å². The Morgan fingerprint density at radius 2 is 2.05 bits per heavy atom. The summed E-state index contributed by atoms with van der Waals surface area (Å²) in [6.07, 6.45) is -2.85. The normalized spacial score (nSPS) is 16.2. The Hall–Kier alpha value is -1.36. The summed E-state index contributed by atoms with van der Waals surface area (Å²) in [4.78, 5) is 11.5. The van der Waals surface area contributed by atoms with E-state index in [2.05, 4.69) is 5.32 Å². The largest absolute Gasteiger partial charge is 0.416 e. The molecule has 1 fully saturated rings. The van der Waals surface area contributed by atoms with Gasteiger partial charge in [-0.3, -0.25) is 4.79 Å². The maximum absolute atomic E-state index is 12.6. The molecule has 0 saturated carbocycles. The minimum atomic E-state index is -4.40. The van der Waals surface area contributed by atoms with Crippen molar-refractivity contribution in [3.63, 3.8) is 0 Å². The van der Waals surface area contributed by atoms with Crippen LogP contribution in [0.25, 0.3) is 0 Å². The highest BCUT2D eigenvalue weighted by molar-refractivity contribution is 5.95. The number of Topliss-reactive ketones (excluding diaryl/α,β-unsaturated/α-hetero) is 1. The van der Waals surface area contributed by atoms with Crippen molar-refractivity contribution >= 4 is 5.78 Å². The van der Waals surface area contributed by atoms with Crippen molar-refractivity contribution in [2.24, 2.45) is 5.92 Å². The Morgan fingerprint density at radius 1 is 1.37 bits per heavy atom. The lowest BCUT2D eigenvalue weighted by Gasteiger charge is -2.27. The molecule has 0 unspecified atom stereocenters. The number of hydrogen-bond acceptors (Lipinski definition) is 2. The molecule has 1 aliphatic rings. The minimum absolute atomic E-state index is 0.196. The lowest BCUT2D eigenvalue weighted by molar-refractivity contribution is -0.137. The average Bonchev–Trinajstić information content (AvgIpc) is 2.25. The maximum Gasteiger partial charge on any atom is 0.416 e. The molecule has 0 bridgehead atoms. The Morgan fingerprint density at radius 3 is 2.53 bits per heavy atom. The number of nitrogens with one attached hydrogen (secondary N) is 1. The molecule has 2 rings (SSSR count). The molecule has 1 aromatic carbocycles. The molecule has 0 amide bonds. The van der Waals surface area contributed by atoms with Gasteiger partial charge in [-0.05, 0) is 56.5 Å². The van der Waals surface area contributed by atoms with Gasteiger partial charge in [0, 0.05) is 5.56 Å². The predicted molar refractivity (Wildman–Crippen MR) is 66.1 cm³/mol. The van der Waals surface area contributed by atoms with Crippen molar-refractivity contribution < 1.29 is 18.0 Å². The van der Waals surface area contributed by atoms with Crippen LogP contribution in [0.3, 0.4) is 0 Å². The third kappa shape index (κ3) is 3.35. The van der Waals surface area contributed by atoms with Crippen LogP contribution in [-0.2, 0) is 12.6 Å². The van der Waals surface area contributed by atoms with Crippen LogP contribution in [0.2, 0.25) is 0 Å². The van der Waals surface area contributed by atoms with Crippen molar-refractivity contribution in [3.8, 4) is 0 Å². The first-order valence-electron chi connectivity index (χ1n) is 6.29. The number of rotatable bonds is 4. The first-order valence-corrected chi connectivity index (χ1v) is 6.29. The smallest absolute Gasteiger partial charge is 0.316 e. The van der Waals surface area contributed by atoms with Gasteiger partial charge in [-0.25, -0.2) is 0 Å². The van der Waals surface area contributed by atoms with Crippen molar-refractivity contribution in [3.05, 3.63) is 34.9 Å². The first kappa shape index (κ1) is 14.1. The highest BCUT2D eigenvalue weighted by atomic mass is 19.4. The van der Waals surface area contributed by atoms with Crippen LogP contribution < -0.4 is 5.32 Å². The van der Waals surface area contributed by atoms with Crippen molar-refractivity contribution in [1.29, 1.82) is 0 Å². The van der Waals surface area contributed by atoms with E-state index in [1.807, 2.05) is 0 Å². The van der Waals surface area contributed by atoms with Gasteiger partial charge in [0.25, 0.3) is 0 Å². The molecule has 5 heteroatoms. The molecule has 1 N–H and O–H groups in total. The van der Waals surface area contributed by atoms with Crippen LogP contribution in [-0.4, -0.2) is 18.9 Å². The molecule has 0 aliphatic carbocycles. The van der Waals surface area contributed by atoms with Gasteiger partial charge >= 0.3 is 6.18 Å². The van der Waals surface area contributed by atoms with E-state index in [1.165, 1.54) is 13.0 Å². The molecule has 1 heterocycles. The number of carbonyl (C=O) groups excluding carboxylic acids is 1. The van der Waals surface area contributed by atoms with E-state index in [0.29, 0.717) is 17.9 Å². The Balaban J connectivity index is 2.19. The molecule has 0 radical (unpaired) electrons. The van der Waals surface area contributed by atoms with Gasteiger partial charge in [-0.1, -0.05) is 6.07 Å². The molecule has 19 heavy (non-hydrogen) atoms. The number of aryl methyl sites for hydroxylation is 1. The van der Waals surface area contributed by atoms with E-state index >= 15 is 0 Å². The summed E-state index contributed by atoms with van der Waals surface area (Å²) in [5, 5.41) is 3.15. The lowest BCUT2D eigenvalue weighted by Crippen LogP contribution is -2.42. The van der Waals surface area contributed by atoms with Crippen LogP contribution >= 0.6 is 0 Å². The highest BCUT2D eigenvalue weighted by Crippen LogP contribution is 2.31. The van der Waals surface area contributed by atoms with Gasteiger partial charge in [0.15, 0.2) is 5.78 Å².